The number of rotatable bonds is 4. The summed E-state index contributed by atoms with van der Waals surface area (Å²) in [7, 11) is 0. The average Bonchev–Trinajstić information content (AvgIpc) is 2.83. The van der Waals surface area contributed by atoms with Crippen molar-refractivity contribution in [3.8, 4) is 0 Å². The molecule has 1 amide bonds. The molecule has 1 aromatic rings. The fourth-order valence-corrected chi connectivity index (χ4v) is 2.03. The molecule has 0 spiro atoms. The Morgan fingerprint density at radius 2 is 2.11 bits per heavy atom. The fourth-order valence-electron chi connectivity index (χ4n) is 2.03. The highest BCUT2D eigenvalue weighted by Gasteiger charge is 2.28. The molecular weight excluding hydrogens is 268 g/mol. The summed E-state index contributed by atoms with van der Waals surface area (Å²) in [6.45, 7) is 0.621. The van der Waals surface area contributed by atoms with E-state index in [1.54, 1.807) is 0 Å². The van der Waals surface area contributed by atoms with Gasteiger partial charge in [0.1, 0.15) is 0 Å². The number of hydrogen-bond donors (Lipinski definition) is 4. The molecule has 4 N–H and O–H groups in total. The number of carbonyl (C=O) groups excluding carboxylic acids is 1. The standard InChI is InChI=1S/C13H18N2O3.ClH/c16-10-6-11(14-7-10)13(18)15-8-12(17)9-4-2-1-3-5-9;/h1-5,10-12,14,16-17H,6-8H2,(H,15,18);1H. The van der Waals surface area contributed by atoms with Gasteiger partial charge in [-0.05, 0) is 12.0 Å². The van der Waals surface area contributed by atoms with Gasteiger partial charge in [0, 0.05) is 13.1 Å². The number of halogens is 1. The molecule has 0 saturated carbocycles. The second-order valence-electron chi connectivity index (χ2n) is 4.52. The number of aliphatic hydroxyl groups is 2. The minimum Gasteiger partial charge on any atom is -0.392 e. The lowest BCUT2D eigenvalue weighted by Crippen LogP contribution is -2.41. The second-order valence-corrected chi connectivity index (χ2v) is 4.52. The van der Waals surface area contributed by atoms with Crippen LogP contribution in [0.2, 0.25) is 0 Å². The van der Waals surface area contributed by atoms with Crippen molar-refractivity contribution in [2.45, 2.75) is 24.7 Å². The first kappa shape index (κ1) is 15.9. The molecule has 106 valence electrons. The van der Waals surface area contributed by atoms with Crippen LogP contribution >= 0.6 is 12.4 Å². The molecule has 19 heavy (non-hydrogen) atoms. The van der Waals surface area contributed by atoms with Gasteiger partial charge in [-0.1, -0.05) is 30.3 Å². The van der Waals surface area contributed by atoms with E-state index >= 15 is 0 Å². The molecule has 5 nitrogen and oxygen atoms in total. The van der Waals surface area contributed by atoms with E-state index in [1.165, 1.54) is 0 Å². The Kier molecular flexibility index (Phi) is 6.24. The minimum atomic E-state index is -0.707. The Balaban J connectivity index is 0.00000180. The summed E-state index contributed by atoms with van der Waals surface area (Å²) in [5, 5.41) is 24.8. The Labute approximate surface area is 118 Å². The molecule has 1 aromatic carbocycles. The van der Waals surface area contributed by atoms with Crippen molar-refractivity contribution in [2.24, 2.45) is 0 Å². The number of hydrogen-bond acceptors (Lipinski definition) is 4. The van der Waals surface area contributed by atoms with Crippen LogP contribution in [0.15, 0.2) is 30.3 Å². The molecule has 1 aliphatic heterocycles. The lowest BCUT2D eigenvalue weighted by Gasteiger charge is -2.15. The maximum absolute atomic E-state index is 11.7. The summed E-state index contributed by atoms with van der Waals surface area (Å²) in [4.78, 5) is 11.7. The maximum atomic E-state index is 11.7. The number of amides is 1. The zero-order valence-electron chi connectivity index (χ0n) is 10.5. The minimum absolute atomic E-state index is 0. The van der Waals surface area contributed by atoms with Crippen molar-refractivity contribution in [2.75, 3.05) is 13.1 Å². The summed E-state index contributed by atoms with van der Waals surface area (Å²) in [6.07, 6.45) is -0.742. The molecule has 1 heterocycles. The molecule has 3 atom stereocenters. The van der Waals surface area contributed by atoms with Crippen LogP contribution in [-0.2, 0) is 4.79 Å². The second kappa shape index (κ2) is 7.45. The van der Waals surface area contributed by atoms with Gasteiger partial charge >= 0.3 is 0 Å². The first-order valence-corrected chi connectivity index (χ1v) is 6.09. The Hall–Kier alpha value is -1.14. The Morgan fingerprint density at radius 1 is 1.42 bits per heavy atom. The summed E-state index contributed by atoms with van der Waals surface area (Å²) in [6, 6.07) is 8.83. The van der Waals surface area contributed by atoms with Crippen LogP contribution in [0.1, 0.15) is 18.1 Å². The highest BCUT2D eigenvalue weighted by molar-refractivity contribution is 5.85. The van der Waals surface area contributed by atoms with E-state index < -0.39 is 12.2 Å². The molecule has 1 fully saturated rings. The molecule has 0 aromatic heterocycles. The van der Waals surface area contributed by atoms with E-state index in [1.807, 2.05) is 30.3 Å². The van der Waals surface area contributed by atoms with Gasteiger partial charge in [0.25, 0.3) is 0 Å². The molecule has 6 heteroatoms. The van der Waals surface area contributed by atoms with Crippen molar-refractivity contribution in [3.63, 3.8) is 0 Å². The van der Waals surface area contributed by atoms with Gasteiger partial charge in [-0.3, -0.25) is 4.79 Å². The fraction of sp³-hybridized carbons (Fsp3) is 0.462. The summed E-state index contributed by atoms with van der Waals surface area (Å²) >= 11 is 0. The highest BCUT2D eigenvalue weighted by atomic mass is 35.5. The first-order valence-electron chi connectivity index (χ1n) is 6.09. The summed E-state index contributed by atoms with van der Waals surface area (Å²) in [5.41, 5.74) is 0.775. The normalized spacial score (nSPS) is 23.5. The number of carbonyl (C=O) groups is 1. The van der Waals surface area contributed by atoms with Crippen LogP contribution in [0, 0.1) is 0 Å². The molecule has 0 bridgehead atoms. The van der Waals surface area contributed by atoms with Crippen LogP contribution in [-0.4, -0.2) is 41.4 Å². The quantitative estimate of drug-likeness (QED) is 0.627. The molecule has 2 rings (SSSR count). The van der Waals surface area contributed by atoms with Gasteiger partial charge in [-0.15, -0.1) is 12.4 Å². The van der Waals surface area contributed by atoms with Crippen LogP contribution in [0.4, 0.5) is 0 Å². The van der Waals surface area contributed by atoms with Crippen molar-refractivity contribution < 1.29 is 15.0 Å². The lowest BCUT2D eigenvalue weighted by molar-refractivity contribution is -0.123. The zero-order valence-corrected chi connectivity index (χ0v) is 11.3. The van der Waals surface area contributed by atoms with Gasteiger partial charge in [-0.25, -0.2) is 0 Å². The predicted octanol–water partition coefficient (Wildman–Crippen LogP) is -0.0192. The van der Waals surface area contributed by atoms with E-state index in [4.69, 9.17) is 0 Å². The molecular formula is C13H19ClN2O3. The van der Waals surface area contributed by atoms with Crippen LogP contribution in [0.3, 0.4) is 0 Å². The van der Waals surface area contributed by atoms with E-state index in [-0.39, 0.29) is 30.9 Å². The molecule has 0 radical (unpaired) electrons. The monoisotopic (exact) mass is 286 g/mol. The van der Waals surface area contributed by atoms with Crippen LogP contribution in [0.25, 0.3) is 0 Å². The van der Waals surface area contributed by atoms with Gasteiger partial charge in [0.15, 0.2) is 0 Å². The SMILES string of the molecule is Cl.O=C(NCC(O)c1ccccc1)C1CC(O)CN1. The lowest BCUT2D eigenvalue weighted by atomic mass is 10.1. The molecule has 0 aliphatic carbocycles. The van der Waals surface area contributed by atoms with Gasteiger partial charge in [-0.2, -0.15) is 0 Å². The Bertz CT molecular complexity index is 402. The van der Waals surface area contributed by atoms with Crippen molar-refractivity contribution in [3.05, 3.63) is 35.9 Å². The topological polar surface area (TPSA) is 81.6 Å². The number of benzene rings is 1. The van der Waals surface area contributed by atoms with Crippen molar-refractivity contribution in [1.29, 1.82) is 0 Å². The van der Waals surface area contributed by atoms with Gasteiger partial charge in [0.2, 0.25) is 5.91 Å². The summed E-state index contributed by atoms with van der Waals surface area (Å²) in [5.74, 6) is -0.179. The smallest absolute Gasteiger partial charge is 0.237 e. The van der Waals surface area contributed by atoms with Gasteiger partial charge in [0.05, 0.1) is 18.2 Å². The summed E-state index contributed by atoms with van der Waals surface area (Å²) < 4.78 is 0. The largest absolute Gasteiger partial charge is 0.392 e. The van der Waals surface area contributed by atoms with E-state index in [0.29, 0.717) is 13.0 Å². The Morgan fingerprint density at radius 3 is 2.68 bits per heavy atom. The molecule has 1 saturated heterocycles. The average molecular weight is 287 g/mol. The van der Waals surface area contributed by atoms with Crippen molar-refractivity contribution in [1.82, 2.24) is 10.6 Å². The number of aliphatic hydroxyl groups excluding tert-OH is 2. The molecule has 1 aliphatic rings. The number of β-amino-alcohol motifs (C(OH)–C–C–N with tert-alkyl or cyclic N) is 1. The highest BCUT2D eigenvalue weighted by Crippen LogP contribution is 2.11. The third-order valence-corrected chi connectivity index (χ3v) is 3.08. The van der Waals surface area contributed by atoms with Crippen LogP contribution < -0.4 is 10.6 Å². The predicted molar refractivity (Wildman–Crippen MR) is 74.1 cm³/mol. The molecule has 3 unspecified atom stereocenters. The van der Waals surface area contributed by atoms with E-state index in [9.17, 15) is 15.0 Å². The van der Waals surface area contributed by atoms with E-state index in [0.717, 1.165) is 5.56 Å². The van der Waals surface area contributed by atoms with Gasteiger partial charge < -0.3 is 20.8 Å². The van der Waals surface area contributed by atoms with Crippen molar-refractivity contribution >= 4 is 18.3 Å². The van der Waals surface area contributed by atoms with E-state index in [2.05, 4.69) is 10.6 Å². The third kappa shape index (κ3) is 4.47. The third-order valence-electron chi connectivity index (χ3n) is 3.08. The maximum Gasteiger partial charge on any atom is 0.237 e. The zero-order chi connectivity index (χ0) is 13.0. The number of nitrogens with one attached hydrogen (secondary N) is 2. The first-order chi connectivity index (χ1) is 8.66. The van der Waals surface area contributed by atoms with Crippen LogP contribution in [0.5, 0.6) is 0 Å².